The highest BCUT2D eigenvalue weighted by molar-refractivity contribution is 7.91. The molecule has 214 valence electrons. The van der Waals surface area contributed by atoms with Gasteiger partial charge in [0, 0.05) is 30.3 Å². The van der Waals surface area contributed by atoms with Gasteiger partial charge in [-0.1, -0.05) is 31.2 Å². The van der Waals surface area contributed by atoms with Gasteiger partial charge in [-0.15, -0.1) is 0 Å². The molecule has 1 aliphatic rings. The maximum Gasteiger partial charge on any atom is 0.416 e. The molecule has 0 bridgehead atoms. The average Bonchev–Trinajstić information content (AvgIpc) is 2.95. The number of hydrogen-bond acceptors (Lipinski definition) is 4. The van der Waals surface area contributed by atoms with E-state index in [1.165, 1.54) is 36.4 Å². The van der Waals surface area contributed by atoms with Crippen LogP contribution in [0.3, 0.4) is 0 Å². The van der Waals surface area contributed by atoms with Crippen molar-refractivity contribution in [3.05, 3.63) is 95.1 Å². The Morgan fingerprint density at radius 2 is 1.57 bits per heavy atom. The van der Waals surface area contributed by atoms with E-state index in [2.05, 4.69) is 5.32 Å². The number of hydrogen-bond donors (Lipinski definition) is 1. The van der Waals surface area contributed by atoms with E-state index in [0.29, 0.717) is 28.8 Å². The lowest BCUT2D eigenvalue weighted by Crippen LogP contribution is -2.46. The Bertz CT molecular complexity index is 1410. The normalized spacial score (nSPS) is 18.1. The second-order valence-corrected chi connectivity index (χ2v) is 12.0. The molecule has 1 amide bonds. The number of benzene rings is 3. The van der Waals surface area contributed by atoms with Crippen LogP contribution in [-0.2, 0) is 22.6 Å². The molecule has 1 saturated heterocycles. The predicted octanol–water partition coefficient (Wildman–Crippen LogP) is 6.45. The molecule has 1 heterocycles. The molecule has 1 N–H and O–H groups in total. The molecule has 40 heavy (non-hydrogen) atoms. The molecule has 11 heteroatoms. The van der Waals surface area contributed by atoms with E-state index in [-0.39, 0.29) is 42.0 Å². The lowest BCUT2D eigenvalue weighted by Gasteiger charge is -2.41. The summed E-state index contributed by atoms with van der Waals surface area (Å²) in [6, 6.07) is 16.2. The van der Waals surface area contributed by atoms with Crippen molar-refractivity contribution in [2.24, 2.45) is 0 Å². The van der Waals surface area contributed by atoms with Gasteiger partial charge < -0.3 is 10.2 Å². The topological polar surface area (TPSA) is 66.5 Å². The fraction of sp³-hybridized carbons (Fsp3) is 0.345. The molecule has 0 aliphatic carbocycles. The highest BCUT2D eigenvalue weighted by Crippen LogP contribution is 2.37. The van der Waals surface area contributed by atoms with Crippen LogP contribution in [0.4, 0.5) is 27.6 Å². The van der Waals surface area contributed by atoms with Gasteiger partial charge in [-0.2, -0.15) is 13.2 Å². The second kappa shape index (κ2) is 12.0. The molecule has 0 spiro atoms. The minimum Gasteiger partial charge on any atom is -0.362 e. The number of nitrogens with zero attached hydrogens (tertiary/aromatic N) is 1. The third-order valence-electron chi connectivity index (χ3n) is 7.21. The van der Waals surface area contributed by atoms with E-state index >= 15 is 0 Å². The summed E-state index contributed by atoms with van der Waals surface area (Å²) in [5, 5.41) is 2.76. The van der Waals surface area contributed by atoms with Gasteiger partial charge in [0.1, 0.15) is 0 Å². The number of alkyl halides is 5. The Kier molecular flexibility index (Phi) is 8.82. The summed E-state index contributed by atoms with van der Waals surface area (Å²) >= 11 is 0. The molecule has 0 saturated carbocycles. The number of nitrogens with one attached hydrogen (secondary N) is 1. The zero-order valence-electron chi connectivity index (χ0n) is 21.7. The standard InChI is InChI=1S/C29H29F5N2O3S/c1-2-40(38,39)25-14-3-19(4-15-25)17-35-28(37)21-7-12-24(13-8-21)36-18-22(9-16-26(36)27(30)31)20-5-10-23(11-6-20)29(32,33)34/h3-8,10-15,22,26-27H,2,9,16-18H2,1H3,(H,35,37)/t22?,26-/m0/s1. The van der Waals surface area contributed by atoms with Gasteiger partial charge in [0.15, 0.2) is 9.84 Å². The lowest BCUT2D eigenvalue weighted by atomic mass is 9.86. The van der Waals surface area contributed by atoms with Crippen LogP contribution in [0.5, 0.6) is 0 Å². The number of anilines is 1. The molecule has 0 aromatic heterocycles. The summed E-state index contributed by atoms with van der Waals surface area (Å²) in [5.41, 5.74) is 1.42. The minimum atomic E-state index is -4.45. The molecule has 4 rings (SSSR count). The van der Waals surface area contributed by atoms with E-state index in [1.54, 1.807) is 36.1 Å². The molecule has 3 aromatic carbocycles. The first kappa shape index (κ1) is 29.5. The van der Waals surface area contributed by atoms with Crippen molar-refractivity contribution >= 4 is 21.4 Å². The quantitative estimate of drug-likeness (QED) is 0.311. The van der Waals surface area contributed by atoms with Crippen molar-refractivity contribution in [1.29, 1.82) is 0 Å². The fourth-order valence-corrected chi connectivity index (χ4v) is 5.72. The van der Waals surface area contributed by atoms with Gasteiger partial charge in [0.05, 0.1) is 22.3 Å². The van der Waals surface area contributed by atoms with Gasteiger partial charge in [0.25, 0.3) is 12.3 Å². The Labute approximate surface area is 229 Å². The van der Waals surface area contributed by atoms with Crippen LogP contribution in [0.15, 0.2) is 77.7 Å². The highest BCUT2D eigenvalue weighted by atomic mass is 32.2. The lowest BCUT2D eigenvalue weighted by molar-refractivity contribution is -0.137. The van der Waals surface area contributed by atoms with E-state index in [1.807, 2.05) is 0 Å². The number of piperidine rings is 1. The molecular formula is C29H29F5N2O3S. The smallest absolute Gasteiger partial charge is 0.362 e. The first-order valence-electron chi connectivity index (χ1n) is 12.8. The monoisotopic (exact) mass is 580 g/mol. The van der Waals surface area contributed by atoms with E-state index < -0.39 is 34.0 Å². The number of rotatable bonds is 8. The number of carbonyl (C=O) groups excluding carboxylic acids is 1. The highest BCUT2D eigenvalue weighted by Gasteiger charge is 2.35. The van der Waals surface area contributed by atoms with Gasteiger partial charge >= 0.3 is 6.18 Å². The van der Waals surface area contributed by atoms with E-state index in [4.69, 9.17) is 0 Å². The van der Waals surface area contributed by atoms with Crippen LogP contribution in [0, 0.1) is 0 Å². The summed E-state index contributed by atoms with van der Waals surface area (Å²) in [5.74, 6) is -0.618. The molecule has 1 aliphatic heterocycles. The van der Waals surface area contributed by atoms with Crippen LogP contribution >= 0.6 is 0 Å². The molecule has 3 aromatic rings. The van der Waals surface area contributed by atoms with Crippen molar-refractivity contribution in [1.82, 2.24) is 5.32 Å². The Balaban J connectivity index is 1.43. The Morgan fingerprint density at radius 1 is 0.950 bits per heavy atom. The first-order valence-corrected chi connectivity index (χ1v) is 14.5. The van der Waals surface area contributed by atoms with E-state index in [0.717, 1.165) is 12.1 Å². The fourth-order valence-electron chi connectivity index (χ4n) is 4.84. The third-order valence-corrected chi connectivity index (χ3v) is 8.96. The van der Waals surface area contributed by atoms with Gasteiger partial charge in [0.2, 0.25) is 0 Å². The molecule has 1 fully saturated rings. The maximum atomic E-state index is 13.9. The second-order valence-electron chi connectivity index (χ2n) is 9.73. The molecule has 0 radical (unpaired) electrons. The zero-order valence-corrected chi connectivity index (χ0v) is 22.5. The molecule has 1 unspecified atom stereocenters. The van der Waals surface area contributed by atoms with Crippen molar-refractivity contribution < 1.29 is 35.2 Å². The number of carbonyl (C=O) groups is 1. The van der Waals surface area contributed by atoms with Crippen molar-refractivity contribution in [2.75, 3.05) is 17.2 Å². The predicted molar refractivity (Wildman–Crippen MR) is 142 cm³/mol. The third kappa shape index (κ3) is 6.80. The summed E-state index contributed by atoms with van der Waals surface area (Å²) in [4.78, 5) is 14.4. The Morgan fingerprint density at radius 3 is 2.12 bits per heavy atom. The summed E-state index contributed by atoms with van der Waals surface area (Å²) in [6.45, 7) is 1.93. The van der Waals surface area contributed by atoms with Crippen LogP contribution in [0.1, 0.15) is 52.7 Å². The van der Waals surface area contributed by atoms with Crippen LogP contribution < -0.4 is 10.2 Å². The summed E-state index contributed by atoms with van der Waals surface area (Å²) < 4.78 is 90.5. The SMILES string of the molecule is CCS(=O)(=O)c1ccc(CNC(=O)c2ccc(N3CC(c4ccc(C(F)(F)F)cc4)CC[C@H]3C(F)F)cc2)cc1. The first-order chi connectivity index (χ1) is 18.9. The Hall–Kier alpha value is -3.47. The van der Waals surface area contributed by atoms with Gasteiger partial charge in [-0.25, -0.2) is 17.2 Å². The van der Waals surface area contributed by atoms with Gasteiger partial charge in [-0.05, 0) is 72.5 Å². The number of halogens is 5. The molecule has 5 nitrogen and oxygen atoms in total. The van der Waals surface area contributed by atoms with Crippen LogP contribution in [-0.4, -0.2) is 39.1 Å². The zero-order chi connectivity index (χ0) is 29.1. The largest absolute Gasteiger partial charge is 0.416 e. The van der Waals surface area contributed by atoms with Crippen molar-refractivity contribution in [3.8, 4) is 0 Å². The maximum absolute atomic E-state index is 13.9. The van der Waals surface area contributed by atoms with Crippen LogP contribution in [0.25, 0.3) is 0 Å². The van der Waals surface area contributed by atoms with Gasteiger partial charge in [-0.3, -0.25) is 4.79 Å². The van der Waals surface area contributed by atoms with Crippen molar-refractivity contribution in [3.63, 3.8) is 0 Å². The molecular weight excluding hydrogens is 551 g/mol. The molecule has 2 atom stereocenters. The summed E-state index contributed by atoms with van der Waals surface area (Å²) in [6.07, 6.45) is -6.48. The number of sulfone groups is 1. The summed E-state index contributed by atoms with van der Waals surface area (Å²) in [7, 11) is -3.32. The average molecular weight is 581 g/mol. The number of amides is 1. The van der Waals surface area contributed by atoms with E-state index in [9.17, 15) is 35.2 Å². The van der Waals surface area contributed by atoms with Crippen molar-refractivity contribution in [2.45, 2.75) is 55.8 Å². The van der Waals surface area contributed by atoms with Crippen LogP contribution in [0.2, 0.25) is 0 Å². The minimum absolute atomic E-state index is 0.00964.